The molecule has 174 valence electrons. The number of likely N-dealkylation sites (tertiary alicyclic amines) is 1. The van der Waals surface area contributed by atoms with Crippen LogP contribution in [0.2, 0.25) is 0 Å². The summed E-state index contributed by atoms with van der Waals surface area (Å²) in [5.74, 6) is 0.887. The Bertz CT molecular complexity index is 1030. The summed E-state index contributed by atoms with van der Waals surface area (Å²) < 4.78 is 0. The van der Waals surface area contributed by atoms with Gasteiger partial charge in [-0.2, -0.15) is 0 Å². The van der Waals surface area contributed by atoms with Crippen LogP contribution in [0.25, 0.3) is 0 Å². The Labute approximate surface area is 195 Å². The van der Waals surface area contributed by atoms with Crippen LogP contribution in [0.1, 0.15) is 68.3 Å². The second-order valence-electron chi connectivity index (χ2n) is 10.5. The number of rotatable bonds is 5. The van der Waals surface area contributed by atoms with Crippen LogP contribution in [0.5, 0.6) is 0 Å². The number of nitrogens with one attached hydrogen (secondary N) is 1. The minimum atomic E-state index is -0.133. The van der Waals surface area contributed by atoms with Crippen LogP contribution in [-0.4, -0.2) is 52.9 Å². The van der Waals surface area contributed by atoms with E-state index < -0.39 is 0 Å². The lowest BCUT2D eigenvalue weighted by atomic mass is 9.74. The fraction of sp³-hybridized carbons (Fsp3) is 0.538. The average molecular weight is 448 g/mol. The van der Waals surface area contributed by atoms with Crippen LogP contribution < -0.4 is 10.2 Å². The Kier molecular flexibility index (Phi) is 5.81. The van der Waals surface area contributed by atoms with Gasteiger partial charge in [-0.15, -0.1) is 0 Å². The Morgan fingerprint density at radius 1 is 1.18 bits per heavy atom. The predicted molar refractivity (Wildman–Crippen MR) is 127 cm³/mol. The highest BCUT2D eigenvalue weighted by Gasteiger charge is 2.36. The molecule has 2 atom stereocenters. The zero-order valence-corrected chi connectivity index (χ0v) is 19.6. The molecule has 1 aliphatic carbocycles. The molecule has 0 saturated carbocycles. The Morgan fingerprint density at radius 3 is 2.70 bits per heavy atom. The first-order chi connectivity index (χ1) is 15.9. The first-order valence-corrected chi connectivity index (χ1v) is 12.1. The van der Waals surface area contributed by atoms with E-state index in [2.05, 4.69) is 41.2 Å². The van der Waals surface area contributed by atoms with Crippen molar-refractivity contribution < 1.29 is 9.59 Å². The van der Waals surface area contributed by atoms with Crippen LogP contribution >= 0.6 is 0 Å². The molecule has 0 radical (unpaired) electrons. The van der Waals surface area contributed by atoms with E-state index in [0.717, 1.165) is 48.7 Å². The summed E-state index contributed by atoms with van der Waals surface area (Å²) in [5.41, 5.74) is 3.24. The number of amides is 2. The number of anilines is 1. The zero-order chi connectivity index (χ0) is 23.0. The van der Waals surface area contributed by atoms with Crippen molar-refractivity contribution in [3.05, 3.63) is 53.3 Å². The van der Waals surface area contributed by atoms with Gasteiger partial charge in [0.15, 0.2) is 0 Å². The van der Waals surface area contributed by atoms with Gasteiger partial charge in [0.05, 0.1) is 18.3 Å². The quantitative estimate of drug-likeness (QED) is 0.761. The molecule has 3 heterocycles. The largest absolute Gasteiger partial charge is 0.348 e. The molecule has 0 spiro atoms. The molecule has 1 N–H and O–H groups in total. The third-order valence-electron chi connectivity index (χ3n) is 7.21. The van der Waals surface area contributed by atoms with Gasteiger partial charge in [-0.05, 0) is 36.7 Å². The third-order valence-corrected chi connectivity index (χ3v) is 7.21. The topological polar surface area (TPSA) is 78.4 Å². The third kappa shape index (κ3) is 4.72. The maximum atomic E-state index is 13.0. The van der Waals surface area contributed by atoms with E-state index in [-0.39, 0.29) is 35.7 Å². The number of fused-ring (bicyclic) bond motifs is 1. The van der Waals surface area contributed by atoms with E-state index in [1.54, 1.807) is 4.90 Å². The fourth-order valence-corrected chi connectivity index (χ4v) is 5.52. The molecule has 2 aliphatic heterocycles. The van der Waals surface area contributed by atoms with Crippen LogP contribution in [-0.2, 0) is 16.0 Å². The van der Waals surface area contributed by atoms with Gasteiger partial charge < -0.3 is 15.1 Å². The molecule has 1 aromatic carbocycles. The molecule has 33 heavy (non-hydrogen) atoms. The summed E-state index contributed by atoms with van der Waals surface area (Å²) in [6.45, 7) is 7.15. The van der Waals surface area contributed by atoms with Crippen molar-refractivity contribution >= 4 is 17.8 Å². The van der Waals surface area contributed by atoms with Crippen molar-refractivity contribution in [3.63, 3.8) is 0 Å². The summed E-state index contributed by atoms with van der Waals surface area (Å²) >= 11 is 0. The van der Waals surface area contributed by atoms with Crippen molar-refractivity contribution in [2.45, 2.75) is 57.9 Å². The lowest BCUT2D eigenvalue weighted by Gasteiger charge is -2.37. The Hall–Kier alpha value is -2.96. The van der Waals surface area contributed by atoms with Crippen LogP contribution in [0.4, 0.5) is 5.95 Å². The minimum Gasteiger partial charge on any atom is -0.348 e. The number of benzene rings is 1. The highest BCUT2D eigenvalue weighted by atomic mass is 16.2. The van der Waals surface area contributed by atoms with Gasteiger partial charge >= 0.3 is 0 Å². The monoisotopic (exact) mass is 447 g/mol. The number of hydrogen-bond acceptors (Lipinski definition) is 5. The molecule has 2 fully saturated rings. The van der Waals surface area contributed by atoms with Crippen molar-refractivity contribution in [2.75, 3.05) is 31.1 Å². The van der Waals surface area contributed by atoms with E-state index in [4.69, 9.17) is 4.98 Å². The molecule has 2 amide bonds. The number of nitrogens with zero attached hydrogens (tertiary/aromatic N) is 4. The highest BCUT2D eigenvalue weighted by Crippen LogP contribution is 2.40. The van der Waals surface area contributed by atoms with E-state index in [1.165, 1.54) is 12.8 Å². The second-order valence-corrected chi connectivity index (χ2v) is 10.5. The molecule has 5 rings (SSSR count). The standard InChI is InChI=1S/C26H33N5O2/c1-26(2)13-21(20-15-27-25(29-22(20)14-26)30-10-6-7-11-30)28-23(32)17-31-16-19(12-24(31)33)18-8-4-3-5-9-18/h3-5,8-9,15,19,21H,6-7,10-14,16-17H2,1-2H3,(H,28,32)/t19-,21-/m0/s1. The van der Waals surface area contributed by atoms with E-state index in [0.29, 0.717) is 13.0 Å². The molecule has 1 aromatic heterocycles. The van der Waals surface area contributed by atoms with Gasteiger partial charge in [0.25, 0.3) is 0 Å². The normalized spacial score (nSPS) is 24.1. The number of carbonyl (C=O) groups is 2. The van der Waals surface area contributed by atoms with Gasteiger partial charge in [0, 0.05) is 43.7 Å². The highest BCUT2D eigenvalue weighted by molar-refractivity contribution is 5.86. The number of aromatic nitrogens is 2. The van der Waals surface area contributed by atoms with Crippen molar-refractivity contribution in [2.24, 2.45) is 5.41 Å². The molecule has 0 unspecified atom stereocenters. The van der Waals surface area contributed by atoms with Gasteiger partial charge in [-0.1, -0.05) is 44.2 Å². The number of hydrogen-bond donors (Lipinski definition) is 1. The molecule has 2 saturated heterocycles. The maximum absolute atomic E-state index is 13.0. The maximum Gasteiger partial charge on any atom is 0.240 e. The SMILES string of the molecule is CC1(C)Cc2nc(N3CCCC3)ncc2[C@@H](NC(=O)CN2C[C@@H](c3ccccc3)CC2=O)C1. The second kappa shape index (κ2) is 8.76. The smallest absolute Gasteiger partial charge is 0.240 e. The summed E-state index contributed by atoms with van der Waals surface area (Å²) in [5, 5.41) is 3.20. The van der Waals surface area contributed by atoms with Crippen molar-refractivity contribution in [1.29, 1.82) is 0 Å². The van der Waals surface area contributed by atoms with Gasteiger partial charge in [0.1, 0.15) is 0 Å². The van der Waals surface area contributed by atoms with E-state index >= 15 is 0 Å². The number of carbonyl (C=O) groups excluding carboxylic acids is 2. The Morgan fingerprint density at radius 2 is 1.94 bits per heavy atom. The molecule has 2 aromatic rings. The first kappa shape index (κ1) is 21.9. The van der Waals surface area contributed by atoms with E-state index in [1.807, 2.05) is 24.4 Å². The fourth-order valence-electron chi connectivity index (χ4n) is 5.52. The molecule has 7 heteroatoms. The Balaban J connectivity index is 1.27. The van der Waals surface area contributed by atoms with Crippen molar-refractivity contribution in [3.8, 4) is 0 Å². The van der Waals surface area contributed by atoms with Gasteiger partial charge in [0.2, 0.25) is 17.8 Å². The van der Waals surface area contributed by atoms with Crippen molar-refractivity contribution in [1.82, 2.24) is 20.2 Å². The lowest BCUT2D eigenvalue weighted by Crippen LogP contribution is -2.42. The van der Waals surface area contributed by atoms with Gasteiger partial charge in [-0.25, -0.2) is 9.97 Å². The molecule has 0 bridgehead atoms. The summed E-state index contributed by atoms with van der Waals surface area (Å²) in [4.78, 5) is 39.1. The minimum absolute atomic E-state index is 0.0312. The van der Waals surface area contributed by atoms with Crippen LogP contribution in [0, 0.1) is 5.41 Å². The zero-order valence-electron chi connectivity index (χ0n) is 19.6. The molecular weight excluding hydrogens is 414 g/mol. The summed E-state index contributed by atoms with van der Waals surface area (Å²) in [6.07, 6.45) is 6.45. The first-order valence-electron chi connectivity index (χ1n) is 12.1. The average Bonchev–Trinajstić information content (AvgIpc) is 3.44. The summed E-state index contributed by atoms with van der Waals surface area (Å²) in [7, 11) is 0. The molecule has 7 nitrogen and oxygen atoms in total. The lowest BCUT2D eigenvalue weighted by molar-refractivity contribution is -0.133. The molecular formula is C26H33N5O2. The summed E-state index contributed by atoms with van der Waals surface area (Å²) in [6, 6.07) is 9.94. The van der Waals surface area contributed by atoms with E-state index in [9.17, 15) is 9.59 Å². The van der Waals surface area contributed by atoms with Crippen LogP contribution in [0.3, 0.4) is 0 Å². The predicted octanol–water partition coefficient (Wildman–Crippen LogP) is 3.22. The van der Waals surface area contributed by atoms with Crippen LogP contribution in [0.15, 0.2) is 36.5 Å². The van der Waals surface area contributed by atoms with Gasteiger partial charge in [-0.3, -0.25) is 9.59 Å². The molecule has 3 aliphatic rings.